The minimum Gasteiger partial charge on any atom is -0.395 e. The largest absolute Gasteiger partial charge is 0.395 e. The van der Waals surface area contributed by atoms with Gasteiger partial charge in [0.25, 0.3) is 0 Å². The molecule has 1 aliphatic rings. The zero-order chi connectivity index (χ0) is 16.4. The van der Waals surface area contributed by atoms with E-state index in [9.17, 15) is 10.2 Å². The molecule has 3 rings (SSSR count). The van der Waals surface area contributed by atoms with E-state index in [1.54, 1.807) is 0 Å². The highest BCUT2D eigenvalue weighted by molar-refractivity contribution is 5.32. The smallest absolute Gasteiger partial charge is 0.0798 e. The third kappa shape index (κ3) is 3.29. The minimum absolute atomic E-state index is 0.0340. The highest BCUT2D eigenvalue weighted by atomic mass is 16.3. The Labute approximate surface area is 137 Å². The highest BCUT2D eigenvalue weighted by Gasteiger charge is 2.41. The van der Waals surface area contributed by atoms with Gasteiger partial charge in [-0.25, -0.2) is 0 Å². The van der Waals surface area contributed by atoms with Crippen molar-refractivity contribution in [2.75, 3.05) is 13.2 Å². The Balaban J connectivity index is 1.81. The summed E-state index contributed by atoms with van der Waals surface area (Å²) in [7, 11) is 0. The predicted molar refractivity (Wildman–Crippen MR) is 90.2 cm³/mol. The zero-order valence-electron chi connectivity index (χ0n) is 13.7. The van der Waals surface area contributed by atoms with E-state index in [4.69, 9.17) is 0 Å². The van der Waals surface area contributed by atoms with Crippen LogP contribution in [0.1, 0.15) is 28.3 Å². The SMILES string of the molecule is Cc1ccc(CN2C[C@H](c3ccccc3C)[C@@H](O)[C@H]2CO)cn1. The lowest BCUT2D eigenvalue weighted by atomic mass is 9.90. The first-order chi connectivity index (χ1) is 11.1. The number of rotatable bonds is 4. The van der Waals surface area contributed by atoms with Gasteiger partial charge in [0.15, 0.2) is 0 Å². The standard InChI is InChI=1S/C19H24N2O2/c1-13-5-3-4-6-16(13)17-11-21(18(12-22)19(17)23)10-15-8-7-14(2)20-9-15/h3-9,17-19,22-23H,10-12H2,1-2H3/t17-,18-,19-/m1/s1. The maximum Gasteiger partial charge on any atom is 0.0798 e. The summed E-state index contributed by atoms with van der Waals surface area (Å²) in [6.45, 7) is 5.43. The van der Waals surface area contributed by atoms with Crippen molar-refractivity contribution in [2.45, 2.75) is 38.5 Å². The van der Waals surface area contributed by atoms with E-state index in [1.807, 2.05) is 31.3 Å². The minimum atomic E-state index is -0.556. The van der Waals surface area contributed by atoms with Crippen molar-refractivity contribution < 1.29 is 10.2 Å². The Bertz CT molecular complexity index is 657. The van der Waals surface area contributed by atoms with E-state index in [2.05, 4.69) is 35.0 Å². The molecule has 4 nitrogen and oxygen atoms in total. The quantitative estimate of drug-likeness (QED) is 0.907. The van der Waals surface area contributed by atoms with Crippen LogP contribution in [0.25, 0.3) is 0 Å². The molecule has 0 radical (unpaired) electrons. The number of aliphatic hydroxyl groups excluding tert-OH is 2. The Hall–Kier alpha value is -1.75. The van der Waals surface area contributed by atoms with Crippen molar-refractivity contribution in [3.63, 3.8) is 0 Å². The van der Waals surface area contributed by atoms with Gasteiger partial charge < -0.3 is 10.2 Å². The van der Waals surface area contributed by atoms with Crippen LogP contribution < -0.4 is 0 Å². The fraction of sp³-hybridized carbons (Fsp3) is 0.421. The third-order valence-corrected chi connectivity index (χ3v) is 4.84. The summed E-state index contributed by atoms with van der Waals surface area (Å²) in [6, 6.07) is 12.0. The lowest BCUT2D eigenvalue weighted by molar-refractivity contribution is 0.0640. The van der Waals surface area contributed by atoms with Gasteiger partial charge in [-0.15, -0.1) is 0 Å². The third-order valence-electron chi connectivity index (χ3n) is 4.84. The first kappa shape index (κ1) is 16.1. The molecule has 0 bridgehead atoms. The molecule has 2 aromatic rings. The van der Waals surface area contributed by atoms with E-state index in [-0.39, 0.29) is 18.6 Å². The molecule has 0 saturated carbocycles. The van der Waals surface area contributed by atoms with E-state index in [0.717, 1.165) is 17.8 Å². The van der Waals surface area contributed by atoms with Crippen molar-refractivity contribution in [3.05, 3.63) is 65.0 Å². The number of benzene rings is 1. The Morgan fingerprint density at radius 1 is 1.17 bits per heavy atom. The molecule has 2 heterocycles. The van der Waals surface area contributed by atoms with Crippen molar-refractivity contribution in [1.82, 2.24) is 9.88 Å². The number of nitrogens with zero attached hydrogens (tertiary/aromatic N) is 2. The summed E-state index contributed by atoms with van der Waals surface area (Å²) >= 11 is 0. The van der Waals surface area contributed by atoms with Crippen LogP contribution in [-0.2, 0) is 6.54 Å². The monoisotopic (exact) mass is 312 g/mol. The van der Waals surface area contributed by atoms with Crippen LogP contribution in [0.2, 0.25) is 0 Å². The number of hydrogen-bond donors (Lipinski definition) is 2. The Kier molecular flexibility index (Phi) is 4.76. The second-order valence-electron chi connectivity index (χ2n) is 6.44. The summed E-state index contributed by atoms with van der Waals surface area (Å²) < 4.78 is 0. The van der Waals surface area contributed by atoms with Crippen LogP contribution in [0, 0.1) is 13.8 Å². The van der Waals surface area contributed by atoms with E-state index < -0.39 is 6.10 Å². The van der Waals surface area contributed by atoms with Gasteiger partial charge in [-0.1, -0.05) is 30.3 Å². The van der Waals surface area contributed by atoms with Crippen LogP contribution in [0.4, 0.5) is 0 Å². The number of aliphatic hydroxyl groups is 2. The van der Waals surface area contributed by atoms with Gasteiger partial charge in [-0.3, -0.25) is 9.88 Å². The molecule has 1 fully saturated rings. The second-order valence-corrected chi connectivity index (χ2v) is 6.44. The van der Waals surface area contributed by atoms with Gasteiger partial charge in [0.2, 0.25) is 0 Å². The summed E-state index contributed by atoms with van der Waals surface area (Å²) in [5.41, 5.74) is 4.45. The van der Waals surface area contributed by atoms with Crippen molar-refractivity contribution in [1.29, 1.82) is 0 Å². The van der Waals surface area contributed by atoms with Gasteiger partial charge in [0.1, 0.15) is 0 Å². The molecule has 1 aromatic heterocycles. The van der Waals surface area contributed by atoms with Gasteiger partial charge in [0, 0.05) is 30.9 Å². The van der Waals surface area contributed by atoms with Crippen LogP contribution in [0.5, 0.6) is 0 Å². The molecular weight excluding hydrogens is 288 g/mol. The van der Waals surface area contributed by atoms with Crippen molar-refractivity contribution in [3.8, 4) is 0 Å². The first-order valence-electron chi connectivity index (χ1n) is 8.10. The molecule has 1 aromatic carbocycles. The van der Waals surface area contributed by atoms with Crippen LogP contribution in [-0.4, -0.2) is 45.4 Å². The van der Waals surface area contributed by atoms with E-state index in [0.29, 0.717) is 6.54 Å². The molecule has 0 amide bonds. The summed E-state index contributed by atoms with van der Waals surface area (Å²) in [6.07, 6.45) is 1.32. The molecular formula is C19H24N2O2. The summed E-state index contributed by atoms with van der Waals surface area (Å²) in [4.78, 5) is 6.49. The van der Waals surface area contributed by atoms with E-state index in [1.165, 1.54) is 11.1 Å². The first-order valence-corrected chi connectivity index (χ1v) is 8.10. The molecule has 0 unspecified atom stereocenters. The molecule has 2 N–H and O–H groups in total. The fourth-order valence-electron chi connectivity index (χ4n) is 3.50. The number of pyridine rings is 1. The normalized spacial score (nSPS) is 25.0. The van der Waals surface area contributed by atoms with E-state index >= 15 is 0 Å². The van der Waals surface area contributed by atoms with Gasteiger partial charge >= 0.3 is 0 Å². The molecule has 0 aliphatic carbocycles. The molecule has 3 atom stereocenters. The summed E-state index contributed by atoms with van der Waals surface area (Å²) in [5, 5.41) is 20.4. The zero-order valence-corrected chi connectivity index (χ0v) is 13.7. The van der Waals surface area contributed by atoms with Gasteiger partial charge in [0.05, 0.1) is 18.8 Å². The number of aromatic nitrogens is 1. The number of aryl methyl sites for hydroxylation is 2. The summed E-state index contributed by atoms with van der Waals surface area (Å²) in [5.74, 6) is 0.0340. The molecule has 1 aliphatic heterocycles. The predicted octanol–water partition coefficient (Wildman–Crippen LogP) is 2.02. The molecule has 23 heavy (non-hydrogen) atoms. The maximum absolute atomic E-state index is 10.7. The molecule has 4 heteroatoms. The van der Waals surface area contributed by atoms with Gasteiger partial charge in [-0.2, -0.15) is 0 Å². The molecule has 122 valence electrons. The molecule has 1 saturated heterocycles. The van der Waals surface area contributed by atoms with Crippen molar-refractivity contribution >= 4 is 0 Å². The van der Waals surface area contributed by atoms with Crippen LogP contribution in [0.3, 0.4) is 0 Å². The number of hydrogen-bond acceptors (Lipinski definition) is 4. The average molecular weight is 312 g/mol. The van der Waals surface area contributed by atoms with Crippen LogP contribution in [0.15, 0.2) is 42.6 Å². The average Bonchev–Trinajstić information content (AvgIpc) is 2.85. The maximum atomic E-state index is 10.7. The Morgan fingerprint density at radius 3 is 2.61 bits per heavy atom. The topological polar surface area (TPSA) is 56.6 Å². The number of likely N-dealkylation sites (tertiary alicyclic amines) is 1. The highest BCUT2D eigenvalue weighted by Crippen LogP contribution is 2.34. The van der Waals surface area contributed by atoms with Gasteiger partial charge in [-0.05, 0) is 36.6 Å². The van der Waals surface area contributed by atoms with Crippen molar-refractivity contribution in [2.24, 2.45) is 0 Å². The van der Waals surface area contributed by atoms with Crippen LogP contribution >= 0.6 is 0 Å². The lowest BCUT2D eigenvalue weighted by Crippen LogP contribution is -2.38. The fourth-order valence-corrected chi connectivity index (χ4v) is 3.50. The molecule has 0 spiro atoms. The lowest BCUT2D eigenvalue weighted by Gasteiger charge is -2.24. The Morgan fingerprint density at radius 2 is 1.96 bits per heavy atom. The second kappa shape index (κ2) is 6.79.